The van der Waals surface area contributed by atoms with Crippen molar-refractivity contribution in [3.05, 3.63) is 0 Å². The summed E-state index contributed by atoms with van der Waals surface area (Å²) in [6, 6.07) is 2.98. The molecule has 0 atom stereocenters. The first-order valence-electron chi connectivity index (χ1n) is 8.73. The van der Waals surface area contributed by atoms with Gasteiger partial charge in [0.1, 0.15) is 0 Å². The lowest BCUT2D eigenvalue weighted by molar-refractivity contribution is 0.284. The Morgan fingerprint density at radius 2 is 1.05 bits per heavy atom. The van der Waals surface area contributed by atoms with Crippen LogP contribution in [-0.4, -0.2) is 19.8 Å². The molecule has 0 aliphatic heterocycles. The number of unbranched alkanes of at least 4 members (excludes halogenated alkanes) is 9. The lowest BCUT2D eigenvalue weighted by Crippen LogP contribution is -2.24. The lowest BCUT2D eigenvalue weighted by Gasteiger charge is -2.22. The summed E-state index contributed by atoms with van der Waals surface area (Å²) in [5.74, 6) is 0. The number of hydrogen-bond donors (Lipinski definition) is 1. The summed E-state index contributed by atoms with van der Waals surface area (Å²) in [5.41, 5.74) is 0. The van der Waals surface area contributed by atoms with Crippen LogP contribution in [0.1, 0.15) is 77.6 Å². The summed E-state index contributed by atoms with van der Waals surface area (Å²) in [7, 11) is -0.916. The average Bonchev–Trinajstić information content (AvgIpc) is 2.38. The van der Waals surface area contributed by atoms with Gasteiger partial charge in [-0.05, 0) is 6.42 Å². The van der Waals surface area contributed by atoms with Gasteiger partial charge in [-0.2, -0.15) is 0 Å². The van der Waals surface area contributed by atoms with Crippen molar-refractivity contribution in [2.45, 2.75) is 103 Å². The van der Waals surface area contributed by atoms with Crippen LogP contribution in [0.5, 0.6) is 0 Å². The normalized spacial score (nSPS) is 12.0. The van der Waals surface area contributed by atoms with E-state index in [1.54, 1.807) is 0 Å². The second-order valence-electron chi connectivity index (χ2n) is 6.92. The zero-order valence-electron chi connectivity index (χ0n) is 13.8. The Kier molecular flexibility index (Phi) is 13.3. The van der Waals surface area contributed by atoms with Crippen molar-refractivity contribution >= 4 is 8.07 Å². The summed E-state index contributed by atoms with van der Waals surface area (Å²) < 4.78 is 0. The summed E-state index contributed by atoms with van der Waals surface area (Å²) in [6.07, 6.45) is 15.1. The van der Waals surface area contributed by atoms with Gasteiger partial charge in [0, 0.05) is 14.7 Å². The Morgan fingerprint density at radius 1 is 0.632 bits per heavy atom. The first-order chi connectivity index (χ1) is 9.12. The third kappa shape index (κ3) is 14.4. The van der Waals surface area contributed by atoms with E-state index in [0.717, 1.165) is 6.42 Å². The zero-order valence-corrected chi connectivity index (χ0v) is 14.8. The molecule has 0 rings (SSSR count). The molecular formula is C17H38OSi. The van der Waals surface area contributed by atoms with E-state index >= 15 is 0 Å². The highest BCUT2D eigenvalue weighted by molar-refractivity contribution is 6.77. The summed E-state index contributed by atoms with van der Waals surface area (Å²) >= 11 is 0. The van der Waals surface area contributed by atoms with Gasteiger partial charge in [-0.15, -0.1) is 0 Å². The zero-order chi connectivity index (χ0) is 14.4. The standard InChI is InChI=1S/C17H38OSi/c1-4-5-6-7-8-9-10-13-16-19(2,3)17-14-11-12-15-18/h18H,4-17H2,1-3H3. The minimum Gasteiger partial charge on any atom is -0.396 e. The number of hydrogen-bond acceptors (Lipinski definition) is 1. The predicted molar refractivity (Wildman–Crippen MR) is 90.6 cm³/mol. The molecule has 0 aromatic rings. The highest BCUT2D eigenvalue weighted by atomic mass is 28.3. The molecular weight excluding hydrogens is 248 g/mol. The molecule has 0 aliphatic rings. The van der Waals surface area contributed by atoms with Gasteiger partial charge >= 0.3 is 0 Å². The molecule has 0 spiro atoms. The van der Waals surface area contributed by atoms with Gasteiger partial charge < -0.3 is 5.11 Å². The second kappa shape index (κ2) is 13.2. The van der Waals surface area contributed by atoms with E-state index in [1.807, 2.05) is 0 Å². The van der Waals surface area contributed by atoms with Crippen LogP contribution in [-0.2, 0) is 0 Å². The highest BCUT2D eigenvalue weighted by Gasteiger charge is 2.18. The van der Waals surface area contributed by atoms with Gasteiger partial charge in [-0.25, -0.2) is 0 Å². The molecule has 1 nitrogen and oxygen atoms in total. The van der Waals surface area contributed by atoms with E-state index in [-0.39, 0.29) is 0 Å². The maximum absolute atomic E-state index is 8.78. The van der Waals surface area contributed by atoms with Crippen LogP contribution in [0.15, 0.2) is 0 Å². The van der Waals surface area contributed by atoms with Crippen LogP contribution in [0.4, 0.5) is 0 Å². The Bertz CT molecular complexity index is 180. The van der Waals surface area contributed by atoms with Crippen LogP contribution < -0.4 is 0 Å². The van der Waals surface area contributed by atoms with Crippen molar-refractivity contribution in [3.63, 3.8) is 0 Å². The highest BCUT2D eigenvalue weighted by Crippen LogP contribution is 2.22. The first kappa shape index (κ1) is 19.2. The molecule has 0 fully saturated rings. The Morgan fingerprint density at radius 3 is 1.53 bits per heavy atom. The van der Waals surface area contributed by atoms with E-state index in [4.69, 9.17) is 5.11 Å². The third-order valence-electron chi connectivity index (χ3n) is 4.22. The van der Waals surface area contributed by atoms with Crippen LogP contribution in [0.3, 0.4) is 0 Å². The van der Waals surface area contributed by atoms with Crippen molar-refractivity contribution in [1.29, 1.82) is 0 Å². The fourth-order valence-electron chi connectivity index (χ4n) is 2.75. The van der Waals surface area contributed by atoms with Crippen LogP contribution in [0, 0.1) is 0 Å². The topological polar surface area (TPSA) is 20.2 Å². The maximum Gasteiger partial charge on any atom is 0.0473 e. The number of rotatable bonds is 14. The molecule has 0 amide bonds. The smallest absolute Gasteiger partial charge is 0.0473 e. The molecule has 1 N–H and O–H groups in total. The van der Waals surface area contributed by atoms with Crippen LogP contribution in [0.2, 0.25) is 25.2 Å². The monoisotopic (exact) mass is 286 g/mol. The molecule has 0 saturated heterocycles. The summed E-state index contributed by atoms with van der Waals surface area (Å²) in [5, 5.41) is 8.78. The quantitative estimate of drug-likeness (QED) is 0.307. The molecule has 0 bridgehead atoms. The minimum absolute atomic E-state index is 0.375. The molecule has 0 aromatic carbocycles. The SMILES string of the molecule is CCCCCCCCCC[Si](C)(C)CCCCCO. The van der Waals surface area contributed by atoms with Crippen LogP contribution in [0.25, 0.3) is 0 Å². The fraction of sp³-hybridized carbons (Fsp3) is 1.00. The Balaban J connectivity index is 3.32. The molecule has 0 aromatic heterocycles. The fourth-order valence-corrected chi connectivity index (χ4v) is 5.42. The van der Waals surface area contributed by atoms with Crippen LogP contribution >= 0.6 is 0 Å². The molecule has 19 heavy (non-hydrogen) atoms. The van der Waals surface area contributed by atoms with Crippen molar-refractivity contribution in [3.8, 4) is 0 Å². The second-order valence-corrected chi connectivity index (χ2v) is 12.3. The molecule has 0 heterocycles. The van der Waals surface area contributed by atoms with Gasteiger partial charge in [-0.3, -0.25) is 0 Å². The Hall–Kier alpha value is 0.177. The summed E-state index contributed by atoms with van der Waals surface area (Å²) in [4.78, 5) is 0. The van der Waals surface area contributed by atoms with Gasteiger partial charge in [-0.1, -0.05) is 96.3 Å². The van der Waals surface area contributed by atoms with E-state index in [2.05, 4.69) is 20.0 Å². The van der Waals surface area contributed by atoms with Gasteiger partial charge in [0.25, 0.3) is 0 Å². The first-order valence-corrected chi connectivity index (χ1v) is 12.1. The molecule has 2 heteroatoms. The molecule has 116 valence electrons. The molecule has 0 unspecified atom stereocenters. The Labute approximate surface area is 123 Å². The molecule has 0 radical (unpaired) electrons. The van der Waals surface area contributed by atoms with Crippen molar-refractivity contribution in [2.24, 2.45) is 0 Å². The van der Waals surface area contributed by atoms with E-state index in [9.17, 15) is 0 Å². The maximum atomic E-state index is 8.78. The predicted octanol–water partition coefficient (Wildman–Crippen LogP) is 6.00. The van der Waals surface area contributed by atoms with E-state index in [0.29, 0.717) is 6.61 Å². The van der Waals surface area contributed by atoms with Crippen molar-refractivity contribution in [1.82, 2.24) is 0 Å². The average molecular weight is 287 g/mol. The number of aliphatic hydroxyl groups excluding tert-OH is 1. The third-order valence-corrected chi connectivity index (χ3v) is 7.63. The minimum atomic E-state index is -0.916. The van der Waals surface area contributed by atoms with E-state index < -0.39 is 8.07 Å². The lowest BCUT2D eigenvalue weighted by atomic mass is 10.1. The van der Waals surface area contributed by atoms with Gasteiger partial charge in [0.15, 0.2) is 0 Å². The molecule has 0 saturated carbocycles. The largest absolute Gasteiger partial charge is 0.396 e. The van der Waals surface area contributed by atoms with Crippen molar-refractivity contribution in [2.75, 3.05) is 6.61 Å². The van der Waals surface area contributed by atoms with E-state index in [1.165, 1.54) is 76.3 Å². The van der Waals surface area contributed by atoms with Crippen molar-refractivity contribution < 1.29 is 5.11 Å². The number of aliphatic hydroxyl groups is 1. The molecule has 0 aliphatic carbocycles. The van der Waals surface area contributed by atoms with Gasteiger partial charge in [0.2, 0.25) is 0 Å². The summed E-state index contributed by atoms with van der Waals surface area (Å²) in [6.45, 7) is 7.76. The van der Waals surface area contributed by atoms with Gasteiger partial charge in [0.05, 0.1) is 0 Å².